The van der Waals surface area contributed by atoms with E-state index in [0.717, 1.165) is 0 Å². The van der Waals surface area contributed by atoms with Crippen LogP contribution in [0.1, 0.15) is 131 Å². The van der Waals surface area contributed by atoms with Gasteiger partial charge < -0.3 is 47.8 Å². The minimum Gasteiger partial charge on any atom is -0.504 e. The maximum absolute atomic E-state index is 14.5. The first-order valence-corrected chi connectivity index (χ1v) is 22.8. The van der Waals surface area contributed by atoms with E-state index in [9.17, 15) is 29.4 Å². The number of hydrogen-bond donors (Lipinski definition) is 2. The van der Waals surface area contributed by atoms with Crippen LogP contribution >= 0.6 is 0 Å². The van der Waals surface area contributed by atoms with Crippen LogP contribution in [-0.2, 0) is 56.7 Å². The lowest BCUT2D eigenvalue weighted by molar-refractivity contribution is -0.294. The lowest BCUT2D eigenvalue weighted by atomic mass is 9.82. The second kappa shape index (κ2) is 20.7. The average Bonchev–Trinajstić information content (AvgIpc) is 3.70. The molecule has 0 radical (unpaired) electrons. The number of allylic oxidation sites excluding steroid dienone is 8. The van der Waals surface area contributed by atoms with Gasteiger partial charge in [0.1, 0.15) is 11.6 Å². The fourth-order valence-electron chi connectivity index (χ4n) is 9.42. The van der Waals surface area contributed by atoms with Crippen LogP contribution in [0.5, 0.6) is 0 Å². The molecular weight excluding hydrogens is 787 g/mol. The van der Waals surface area contributed by atoms with Gasteiger partial charge in [-0.05, 0) is 90.9 Å². The Labute approximate surface area is 360 Å². The Morgan fingerprint density at radius 3 is 1.26 bits per heavy atom. The van der Waals surface area contributed by atoms with Crippen molar-refractivity contribution in [1.82, 2.24) is 0 Å². The third-order valence-electron chi connectivity index (χ3n) is 13.5. The Morgan fingerprint density at radius 1 is 0.525 bits per heavy atom. The van der Waals surface area contributed by atoms with E-state index in [4.69, 9.17) is 37.6 Å². The summed E-state index contributed by atoms with van der Waals surface area (Å²) in [5.41, 5.74) is 0. The van der Waals surface area contributed by atoms with Crippen LogP contribution < -0.4 is 0 Å². The van der Waals surface area contributed by atoms with Gasteiger partial charge in [0.2, 0.25) is 0 Å². The highest BCUT2D eigenvalue weighted by Gasteiger charge is 2.72. The van der Waals surface area contributed by atoms with Crippen molar-refractivity contribution >= 4 is 30.5 Å². The van der Waals surface area contributed by atoms with Crippen molar-refractivity contribution in [3.05, 3.63) is 48.6 Å². The Kier molecular flexibility index (Phi) is 16.1. The van der Waals surface area contributed by atoms with E-state index < -0.39 is 103 Å². The van der Waals surface area contributed by atoms with Crippen molar-refractivity contribution in [1.29, 1.82) is 0 Å². The molecule has 6 aliphatic heterocycles. The molecule has 340 valence electrons. The summed E-state index contributed by atoms with van der Waals surface area (Å²) in [6.45, 7) is 7.23. The van der Waals surface area contributed by atoms with Gasteiger partial charge in [0.15, 0.2) is 23.8 Å². The Bertz CT molecular complexity index is 1560. The van der Waals surface area contributed by atoms with Gasteiger partial charge in [-0.25, -0.2) is 9.59 Å². The molecule has 14 atom stereocenters. The zero-order valence-corrected chi connectivity index (χ0v) is 36.8. The van der Waals surface area contributed by atoms with E-state index in [0.29, 0.717) is 77.0 Å². The number of esters is 2. The molecule has 4 fully saturated rings. The predicted octanol–water partition coefficient (Wildman–Crippen LogP) is 6.42. The number of hydrogen-bond acceptors (Lipinski definition) is 14. The number of aliphatic hydroxyl groups excluding tert-OH is 2. The first-order chi connectivity index (χ1) is 29.1. The molecule has 7 bridgehead atoms. The second-order valence-corrected chi connectivity index (χ2v) is 18.3. The number of ether oxygens (including phenoxy) is 4. The average molecular weight is 856 g/mol. The summed E-state index contributed by atoms with van der Waals surface area (Å²) in [5, 5.41) is 21.7. The number of ketones is 2. The summed E-state index contributed by atoms with van der Waals surface area (Å²) in [4.78, 5) is 56.4. The van der Waals surface area contributed by atoms with E-state index >= 15 is 0 Å². The zero-order valence-electron chi connectivity index (χ0n) is 36.8. The van der Waals surface area contributed by atoms with Crippen molar-refractivity contribution < 1.29 is 67.0 Å². The minimum atomic E-state index is -3.51. The SMILES string of the molecule is CC1CC/C=C\C=C\CCC(O)CC(=O)C(C)[C@@H]2CC[C@@H](C)[C@]3(O2)O[B-]24OC(C(=O)O1)[C@@]1(O[C@@H](CC[C@H]1C)C(C)C(=O)CC(O)CC/C=C/C=C\CCC(C)OC(=O)C3O2)O4. The van der Waals surface area contributed by atoms with Crippen molar-refractivity contribution in [3.8, 4) is 0 Å². The van der Waals surface area contributed by atoms with Gasteiger partial charge in [0, 0.05) is 36.5 Å². The maximum atomic E-state index is 14.5. The Morgan fingerprint density at radius 2 is 0.885 bits per heavy atom. The van der Waals surface area contributed by atoms with Crippen LogP contribution in [0, 0.1) is 23.7 Å². The first kappa shape index (κ1) is 47.5. The van der Waals surface area contributed by atoms with E-state index in [2.05, 4.69) is 0 Å². The van der Waals surface area contributed by atoms with Gasteiger partial charge in [0.05, 0.1) is 36.6 Å². The Balaban J connectivity index is 1.43. The summed E-state index contributed by atoms with van der Waals surface area (Å²) in [6, 6.07) is 0. The Hall–Kier alpha value is -3.02. The number of fused-ring (bicyclic) bond motifs is 4. The molecule has 14 nitrogen and oxygen atoms in total. The van der Waals surface area contributed by atoms with E-state index in [1.807, 2.05) is 62.5 Å². The molecule has 6 heterocycles. The van der Waals surface area contributed by atoms with Crippen LogP contribution in [0.25, 0.3) is 0 Å². The molecule has 6 aliphatic rings. The molecule has 0 aliphatic carbocycles. The molecule has 4 saturated heterocycles. The molecule has 3 spiro atoms. The topological polar surface area (TPSA) is 183 Å². The molecule has 15 heteroatoms. The number of carbonyl (C=O) groups excluding carboxylic acids is 4. The number of aliphatic hydroxyl groups is 2. The van der Waals surface area contributed by atoms with Crippen molar-refractivity contribution in [2.75, 3.05) is 0 Å². The fraction of sp³-hybridized carbons (Fsp3) is 0.739. The monoisotopic (exact) mass is 855 g/mol. The van der Waals surface area contributed by atoms with Crippen LogP contribution in [0.3, 0.4) is 0 Å². The van der Waals surface area contributed by atoms with Crippen LogP contribution in [-0.4, -0.2) is 101 Å². The van der Waals surface area contributed by atoms with Gasteiger partial charge in [-0.3, -0.25) is 9.59 Å². The summed E-state index contributed by atoms with van der Waals surface area (Å²) in [7, 11) is 0. The van der Waals surface area contributed by atoms with Gasteiger partial charge in [-0.2, -0.15) is 0 Å². The third-order valence-corrected chi connectivity index (χ3v) is 13.5. The molecule has 6 rings (SSSR count). The number of cyclic esters (lactones) is 2. The summed E-state index contributed by atoms with van der Waals surface area (Å²) < 4.78 is 52.5. The summed E-state index contributed by atoms with van der Waals surface area (Å²) in [6.07, 6.45) is 13.6. The van der Waals surface area contributed by atoms with Crippen molar-refractivity contribution in [2.45, 2.75) is 192 Å². The van der Waals surface area contributed by atoms with E-state index in [1.165, 1.54) is 0 Å². The molecule has 0 amide bonds. The zero-order chi connectivity index (χ0) is 44.0. The largest absolute Gasteiger partial charge is 0.536 e. The number of Topliss-reactive ketones (excluding diaryl/α,β-unsaturated/α-hetero) is 2. The van der Waals surface area contributed by atoms with Gasteiger partial charge >= 0.3 is 18.9 Å². The highest BCUT2D eigenvalue weighted by atomic mass is 17.0. The van der Waals surface area contributed by atoms with Gasteiger partial charge in [-0.1, -0.05) is 76.3 Å². The minimum absolute atomic E-state index is 0.0710. The van der Waals surface area contributed by atoms with Crippen LogP contribution in [0.2, 0.25) is 0 Å². The molecule has 0 saturated carbocycles. The van der Waals surface area contributed by atoms with Crippen molar-refractivity contribution in [2.24, 2.45) is 23.7 Å². The number of rotatable bonds is 0. The highest BCUT2D eigenvalue weighted by Crippen LogP contribution is 2.55. The smallest absolute Gasteiger partial charge is 0.504 e. The second-order valence-electron chi connectivity index (χ2n) is 18.3. The first-order valence-electron chi connectivity index (χ1n) is 22.8. The molecule has 0 aromatic rings. The third kappa shape index (κ3) is 11.0. The summed E-state index contributed by atoms with van der Waals surface area (Å²) in [5.74, 6) is -8.24. The molecular formula is C46H68BO14-. The van der Waals surface area contributed by atoms with E-state index in [-0.39, 0.29) is 24.4 Å². The normalized spacial score (nSPS) is 46.2. The highest BCUT2D eigenvalue weighted by molar-refractivity contribution is 6.56. The lowest BCUT2D eigenvalue weighted by Gasteiger charge is -2.49. The van der Waals surface area contributed by atoms with Crippen LogP contribution in [0.4, 0.5) is 0 Å². The molecule has 8 unspecified atom stereocenters. The molecule has 2 N–H and O–H groups in total. The van der Waals surface area contributed by atoms with Crippen LogP contribution in [0.15, 0.2) is 48.6 Å². The predicted molar refractivity (Wildman–Crippen MR) is 224 cm³/mol. The van der Waals surface area contributed by atoms with Crippen molar-refractivity contribution in [3.63, 3.8) is 0 Å². The molecule has 61 heavy (non-hydrogen) atoms. The van der Waals surface area contributed by atoms with Gasteiger partial charge in [0.25, 0.3) is 0 Å². The quantitative estimate of drug-likeness (QED) is 0.201. The fourth-order valence-corrected chi connectivity index (χ4v) is 9.42. The summed E-state index contributed by atoms with van der Waals surface area (Å²) >= 11 is 0. The lowest BCUT2D eigenvalue weighted by Crippen LogP contribution is -2.59. The molecule has 0 aromatic carbocycles. The number of carbonyl (C=O) groups is 4. The molecule has 0 aromatic heterocycles. The van der Waals surface area contributed by atoms with E-state index in [1.54, 1.807) is 27.7 Å². The maximum Gasteiger partial charge on any atom is 0.536 e. The standard InChI is InChI=1S/C46H68BO14/c1-29-23-25-39-33(5)37(50)27-35(48)21-17-13-10-8-12-16-20-32(4)55-44(53)42-46-30(2)24-26-40(57-46)34(6)38(51)28-36(49)22-18-14-9-7-11-15-19-31(3)54-43(52)41-45(29,56-39)60-47(58-41,59-42)61-46/h7-14,29-36,39-42,48-49H,15-28H2,1-6H3/q-1/b11-7-,12-8-,13-10+,14-9+/t29-,30-,31?,32?,33?,34?,35?,36?,39+,40+,41?,42?,45+,46+,47?/m1/s1. The van der Waals surface area contributed by atoms with Gasteiger partial charge in [-0.15, -0.1) is 0 Å².